The van der Waals surface area contributed by atoms with Gasteiger partial charge in [0, 0.05) is 39.9 Å². The molecule has 0 aromatic carbocycles. The first-order chi connectivity index (χ1) is 8.36. The van der Waals surface area contributed by atoms with Crippen LogP contribution in [0.5, 0.6) is 0 Å². The van der Waals surface area contributed by atoms with E-state index in [4.69, 9.17) is 4.74 Å². The van der Waals surface area contributed by atoms with Gasteiger partial charge >= 0.3 is 0 Å². The van der Waals surface area contributed by atoms with Crippen molar-refractivity contribution in [3.63, 3.8) is 0 Å². The topological polar surface area (TPSA) is 24.5 Å². The molecule has 0 radical (unpaired) electrons. The molecule has 1 heterocycles. The molecule has 1 fully saturated rings. The number of hydrogen-bond acceptors (Lipinski definition) is 3. The summed E-state index contributed by atoms with van der Waals surface area (Å²) in [5.74, 6) is 0.873. The van der Waals surface area contributed by atoms with Gasteiger partial charge in [-0.3, -0.25) is 0 Å². The molecule has 0 aliphatic carbocycles. The minimum Gasteiger partial charge on any atom is -0.385 e. The first kappa shape index (κ1) is 14.9. The summed E-state index contributed by atoms with van der Waals surface area (Å²) in [5, 5.41) is 3.40. The van der Waals surface area contributed by atoms with Gasteiger partial charge in [-0.2, -0.15) is 0 Å². The van der Waals surface area contributed by atoms with Crippen molar-refractivity contribution in [1.82, 2.24) is 10.2 Å². The number of rotatable bonds is 9. The number of methoxy groups -OCH3 is 1. The lowest BCUT2D eigenvalue weighted by Gasteiger charge is -2.27. The Morgan fingerprint density at radius 2 is 1.94 bits per heavy atom. The Morgan fingerprint density at radius 1 is 1.18 bits per heavy atom. The van der Waals surface area contributed by atoms with Crippen molar-refractivity contribution in [1.29, 1.82) is 0 Å². The highest BCUT2D eigenvalue weighted by molar-refractivity contribution is 4.67. The van der Waals surface area contributed by atoms with Crippen LogP contribution in [0, 0.1) is 5.92 Å². The van der Waals surface area contributed by atoms with E-state index in [-0.39, 0.29) is 0 Å². The number of hydrogen-bond donors (Lipinski definition) is 1. The molecule has 1 aliphatic rings. The predicted octanol–water partition coefficient (Wildman–Crippen LogP) is 2.12. The van der Waals surface area contributed by atoms with Gasteiger partial charge in [0.15, 0.2) is 0 Å². The van der Waals surface area contributed by atoms with Crippen molar-refractivity contribution in [2.45, 2.75) is 39.0 Å². The van der Waals surface area contributed by atoms with E-state index in [0.29, 0.717) is 0 Å². The standard InChI is InChI=1S/C14H30N2O/c1-3-14(7-13-17-2)6-4-5-10-16-11-8-15-9-12-16/h14-15H,3-13H2,1-2H3/t14-/m0/s1. The van der Waals surface area contributed by atoms with Gasteiger partial charge in [0.2, 0.25) is 0 Å². The van der Waals surface area contributed by atoms with Crippen LogP contribution in [-0.4, -0.2) is 51.3 Å². The van der Waals surface area contributed by atoms with Crippen molar-refractivity contribution in [2.24, 2.45) is 5.92 Å². The fourth-order valence-electron chi connectivity index (χ4n) is 2.54. The van der Waals surface area contributed by atoms with E-state index in [1.807, 2.05) is 0 Å². The maximum Gasteiger partial charge on any atom is 0.0464 e. The van der Waals surface area contributed by atoms with Crippen molar-refractivity contribution >= 4 is 0 Å². The van der Waals surface area contributed by atoms with Crippen LogP contribution in [0.25, 0.3) is 0 Å². The third-order valence-corrected chi connectivity index (χ3v) is 3.85. The van der Waals surface area contributed by atoms with Gasteiger partial charge in [-0.15, -0.1) is 0 Å². The van der Waals surface area contributed by atoms with E-state index >= 15 is 0 Å². The quantitative estimate of drug-likeness (QED) is 0.627. The lowest BCUT2D eigenvalue weighted by atomic mass is 9.96. The molecule has 1 N–H and O–H groups in total. The van der Waals surface area contributed by atoms with E-state index in [2.05, 4.69) is 17.1 Å². The average molecular weight is 242 g/mol. The summed E-state index contributed by atoms with van der Waals surface area (Å²) >= 11 is 0. The smallest absolute Gasteiger partial charge is 0.0464 e. The summed E-state index contributed by atoms with van der Waals surface area (Å²) in [7, 11) is 1.80. The van der Waals surface area contributed by atoms with E-state index in [0.717, 1.165) is 12.5 Å². The molecular weight excluding hydrogens is 212 g/mol. The van der Waals surface area contributed by atoms with Gasteiger partial charge in [-0.25, -0.2) is 0 Å². The Kier molecular flexibility index (Phi) is 8.67. The van der Waals surface area contributed by atoms with E-state index in [1.54, 1.807) is 7.11 Å². The van der Waals surface area contributed by atoms with Crippen LogP contribution in [0.15, 0.2) is 0 Å². The molecule has 0 saturated carbocycles. The maximum absolute atomic E-state index is 5.16. The molecule has 1 aliphatic heterocycles. The Hall–Kier alpha value is -0.120. The zero-order valence-electron chi connectivity index (χ0n) is 11.7. The second-order valence-corrected chi connectivity index (χ2v) is 5.14. The molecule has 1 atom stereocenters. The third-order valence-electron chi connectivity index (χ3n) is 3.85. The van der Waals surface area contributed by atoms with Crippen molar-refractivity contribution in [2.75, 3.05) is 46.4 Å². The van der Waals surface area contributed by atoms with E-state index < -0.39 is 0 Å². The first-order valence-corrected chi connectivity index (χ1v) is 7.28. The van der Waals surface area contributed by atoms with Gasteiger partial charge in [0.1, 0.15) is 0 Å². The Labute approximate surface area is 107 Å². The first-order valence-electron chi connectivity index (χ1n) is 7.28. The summed E-state index contributed by atoms with van der Waals surface area (Å²) in [6.45, 7) is 9.34. The molecule has 0 spiro atoms. The maximum atomic E-state index is 5.16. The molecule has 3 heteroatoms. The minimum absolute atomic E-state index is 0.873. The lowest BCUT2D eigenvalue weighted by molar-refractivity contribution is 0.172. The number of nitrogens with zero attached hydrogens (tertiary/aromatic N) is 1. The fraction of sp³-hybridized carbons (Fsp3) is 1.00. The van der Waals surface area contributed by atoms with E-state index in [1.165, 1.54) is 64.8 Å². The monoisotopic (exact) mass is 242 g/mol. The Bertz CT molecular complexity index is 170. The Balaban J connectivity index is 1.97. The van der Waals surface area contributed by atoms with Crippen LogP contribution in [0.1, 0.15) is 39.0 Å². The number of ether oxygens (including phenoxy) is 1. The number of nitrogens with one attached hydrogen (secondary N) is 1. The van der Waals surface area contributed by atoms with Gasteiger partial charge in [0.05, 0.1) is 0 Å². The zero-order chi connectivity index (χ0) is 12.3. The molecule has 0 aromatic heterocycles. The molecular formula is C14H30N2O. The summed E-state index contributed by atoms with van der Waals surface area (Å²) in [4.78, 5) is 2.59. The van der Waals surface area contributed by atoms with Crippen LogP contribution >= 0.6 is 0 Å². The highest BCUT2D eigenvalue weighted by Crippen LogP contribution is 2.16. The van der Waals surface area contributed by atoms with Crippen molar-refractivity contribution in [3.05, 3.63) is 0 Å². The molecule has 1 rings (SSSR count). The highest BCUT2D eigenvalue weighted by Gasteiger charge is 2.09. The fourth-order valence-corrected chi connectivity index (χ4v) is 2.54. The lowest BCUT2D eigenvalue weighted by Crippen LogP contribution is -2.43. The molecule has 3 nitrogen and oxygen atoms in total. The van der Waals surface area contributed by atoms with Gasteiger partial charge < -0.3 is 15.0 Å². The second kappa shape index (κ2) is 9.86. The summed E-state index contributed by atoms with van der Waals surface area (Å²) in [6, 6.07) is 0. The van der Waals surface area contributed by atoms with E-state index in [9.17, 15) is 0 Å². The average Bonchev–Trinajstić information content (AvgIpc) is 2.39. The normalized spacial score (nSPS) is 19.4. The number of unbranched alkanes of at least 4 members (excludes halogenated alkanes) is 1. The molecule has 0 aromatic rings. The summed E-state index contributed by atoms with van der Waals surface area (Å²) in [6.07, 6.45) is 6.67. The van der Waals surface area contributed by atoms with Crippen molar-refractivity contribution < 1.29 is 4.74 Å². The van der Waals surface area contributed by atoms with Gasteiger partial charge in [-0.05, 0) is 25.3 Å². The van der Waals surface area contributed by atoms with Crippen LogP contribution in [-0.2, 0) is 4.74 Å². The molecule has 1 saturated heterocycles. The minimum atomic E-state index is 0.873. The van der Waals surface area contributed by atoms with Crippen LogP contribution in [0.3, 0.4) is 0 Å². The van der Waals surface area contributed by atoms with Crippen LogP contribution in [0.2, 0.25) is 0 Å². The molecule has 0 bridgehead atoms. The zero-order valence-corrected chi connectivity index (χ0v) is 11.7. The third kappa shape index (κ3) is 7.02. The van der Waals surface area contributed by atoms with Crippen molar-refractivity contribution in [3.8, 4) is 0 Å². The molecule has 0 amide bonds. The largest absolute Gasteiger partial charge is 0.385 e. The molecule has 102 valence electrons. The molecule has 0 unspecified atom stereocenters. The Morgan fingerprint density at radius 3 is 2.59 bits per heavy atom. The SMILES string of the molecule is CC[C@@H](CCCCN1CCNCC1)CCOC. The predicted molar refractivity (Wildman–Crippen MR) is 73.4 cm³/mol. The second-order valence-electron chi connectivity index (χ2n) is 5.14. The summed E-state index contributed by atoms with van der Waals surface area (Å²) in [5.41, 5.74) is 0. The number of piperazine rings is 1. The van der Waals surface area contributed by atoms with Crippen LogP contribution in [0.4, 0.5) is 0 Å². The molecule has 17 heavy (non-hydrogen) atoms. The highest BCUT2D eigenvalue weighted by atomic mass is 16.5. The van der Waals surface area contributed by atoms with Gasteiger partial charge in [0.25, 0.3) is 0 Å². The summed E-state index contributed by atoms with van der Waals surface area (Å²) < 4.78 is 5.16. The van der Waals surface area contributed by atoms with Gasteiger partial charge in [-0.1, -0.05) is 26.2 Å². The van der Waals surface area contributed by atoms with Crippen LogP contribution < -0.4 is 5.32 Å².